The fourth-order valence-electron chi connectivity index (χ4n) is 2.66. The third-order valence-electron chi connectivity index (χ3n) is 3.64. The van der Waals surface area contributed by atoms with E-state index in [9.17, 15) is 4.79 Å². The molecule has 0 N–H and O–H groups in total. The van der Waals surface area contributed by atoms with Gasteiger partial charge >= 0.3 is 0 Å². The van der Waals surface area contributed by atoms with Gasteiger partial charge in [0.05, 0.1) is 12.2 Å². The molecule has 0 fully saturated rings. The van der Waals surface area contributed by atoms with Crippen molar-refractivity contribution in [3.63, 3.8) is 0 Å². The first-order chi connectivity index (χ1) is 11.8. The van der Waals surface area contributed by atoms with Crippen LogP contribution in [0.1, 0.15) is 49.2 Å². The van der Waals surface area contributed by atoms with Crippen molar-refractivity contribution in [2.24, 2.45) is 0 Å². The Labute approximate surface area is 170 Å². The van der Waals surface area contributed by atoms with Crippen LogP contribution in [-0.2, 0) is 0 Å². The van der Waals surface area contributed by atoms with Crippen LogP contribution in [0.15, 0.2) is 36.4 Å². The number of benzene rings is 2. The van der Waals surface area contributed by atoms with E-state index >= 15 is 0 Å². The van der Waals surface area contributed by atoms with Crippen LogP contribution in [0.2, 0.25) is 0 Å². The maximum atomic E-state index is 12.9. The van der Waals surface area contributed by atoms with Gasteiger partial charge in [-0.2, -0.15) is 0 Å². The SMILES string of the molecule is Cc1cccc(C)c1C(=O)Pc1ccc(OC(C)C)cc1OC(C)C.[Li]. The summed E-state index contributed by atoms with van der Waals surface area (Å²) < 4.78 is 11.7. The molecular formula is C21H27LiO3P. The van der Waals surface area contributed by atoms with Gasteiger partial charge in [0.25, 0.3) is 0 Å². The molecule has 2 rings (SSSR count). The fourth-order valence-corrected chi connectivity index (χ4v) is 3.85. The molecule has 0 aliphatic carbocycles. The first kappa shape index (κ1) is 22.8. The van der Waals surface area contributed by atoms with Crippen LogP contribution in [-0.4, -0.2) is 36.6 Å². The van der Waals surface area contributed by atoms with E-state index in [1.165, 1.54) is 0 Å². The van der Waals surface area contributed by atoms with E-state index in [2.05, 4.69) is 0 Å². The van der Waals surface area contributed by atoms with Crippen molar-refractivity contribution >= 4 is 38.3 Å². The molecule has 0 bridgehead atoms. The summed E-state index contributed by atoms with van der Waals surface area (Å²) in [5.74, 6) is 1.49. The predicted molar refractivity (Wildman–Crippen MR) is 112 cm³/mol. The van der Waals surface area contributed by atoms with Crippen molar-refractivity contribution in [1.82, 2.24) is 0 Å². The monoisotopic (exact) mass is 365 g/mol. The van der Waals surface area contributed by atoms with Crippen molar-refractivity contribution < 1.29 is 14.3 Å². The molecule has 26 heavy (non-hydrogen) atoms. The Hall–Kier alpha value is -1.26. The number of carbonyl (C=O) groups is 1. The van der Waals surface area contributed by atoms with Crippen LogP contribution < -0.4 is 14.8 Å². The maximum absolute atomic E-state index is 12.9. The maximum Gasteiger partial charge on any atom is 0.186 e. The van der Waals surface area contributed by atoms with Crippen molar-refractivity contribution in [2.75, 3.05) is 0 Å². The van der Waals surface area contributed by atoms with Crippen LogP contribution in [0.5, 0.6) is 11.5 Å². The van der Waals surface area contributed by atoms with Gasteiger partial charge in [-0.05, 0) is 73.4 Å². The fraction of sp³-hybridized carbons (Fsp3) is 0.381. The van der Waals surface area contributed by atoms with Crippen molar-refractivity contribution in [3.05, 3.63) is 53.1 Å². The van der Waals surface area contributed by atoms with Crippen LogP contribution in [0.4, 0.5) is 0 Å². The van der Waals surface area contributed by atoms with Gasteiger partial charge in [0.15, 0.2) is 5.52 Å². The average molecular weight is 365 g/mol. The number of hydrogen-bond acceptors (Lipinski definition) is 3. The molecule has 5 heteroatoms. The number of carbonyl (C=O) groups excluding carboxylic acids is 1. The summed E-state index contributed by atoms with van der Waals surface area (Å²) in [6.07, 6.45) is 0.129. The summed E-state index contributed by atoms with van der Waals surface area (Å²) >= 11 is 0. The second kappa shape index (κ2) is 10.2. The molecule has 1 radical (unpaired) electrons. The van der Waals surface area contributed by atoms with Gasteiger partial charge in [0, 0.05) is 35.8 Å². The zero-order chi connectivity index (χ0) is 18.6. The molecule has 0 saturated carbocycles. The Balaban J connectivity index is 0.00000338. The molecule has 135 valence electrons. The topological polar surface area (TPSA) is 35.5 Å². The van der Waals surface area contributed by atoms with Crippen molar-refractivity contribution in [1.29, 1.82) is 0 Å². The average Bonchev–Trinajstić information content (AvgIpc) is 2.48. The second-order valence-corrected chi connectivity index (χ2v) is 7.95. The van der Waals surface area contributed by atoms with Crippen LogP contribution in [0.3, 0.4) is 0 Å². The van der Waals surface area contributed by atoms with E-state index in [1.807, 2.05) is 77.9 Å². The van der Waals surface area contributed by atoms with Crippen LogP contribution in [0.25, 0.3) is 0 Å². The van der Waals surface area contributed by atoms with Crippen LogP contribution in [0, 0.1) is 13.8 Å². The molecule has 1 unspecified atom stereocenters. The van der Waals surface area contributed by atoms with Gasteiger partial charge in [-0.3, -0.25) is 4.79 Å². The normalized spacial score (nSPS) is 11.1. The van der Waals surface area contributed by atoms with Gasteiger partial charge in [-0.1, -0.05) is 18.2 Å². The molecule has 0 heterocycles. The first-order valence-corrected chi connectivity index (χ1v) is 9.63. The third kappa shape index (κ3) is 6.17. The van der Waals surface area contributed by atoms with Crippen LogP contribution >= 0.6 is 8.58 Å². The molecule has 0 saturated heterocycles. The Morgan fingerprint density at radius 3 is 2.04 bits per heavy atom. The van der Waals surface area contributed by atoms with Gasteiger partial charge in [-0.15, -0.1) is 0 Å². The molecule has 0 amide bonds. The Morgan fingerprint density at radius 2 is 1.50 bits per heavy atom. The molecule has 1 atom stereocenters. The minimum Gasteiger partial charge on any atom is -0.491 e. The second-order valence-electron chi connectivity index (χ2n) is 6.71. The zero-order valence-electron chi connectivity index (χ0n) is 16.8. The summed E-state index contributed by atoms with van der Waals surface area (Å²) in [5, 5.41) is 0.914. The van der Waals surface area contributed by atoms with E-state index in [0.717, 1.165) is 33.5 Å². The number of aryl methyl sites for hydroxylation is 2. The molecule has 0 aliphatic rings. The number of ether oxygens (including phenoxy) is 2. The molecule has 2 aromatic carbocycles. The first-order valence-electron chi connectivity index (χ1n) is 8.63. The standard InChI is InChI=1S/C21H27O3P.Li/c1-13(2)23-17-10-11-19(18(12-17)24-14(3)4)25-21(22)20-15(5)8-7-9-16(20)6;/h7-14,25H,1-6H3;. The molecule has 0 aliphatic heterocycles. The van der Waals surface area contributed by atoms with Gasteiger partial charge in [0.2, 0.25) is 0 Å². The zero-order valence-corrected chi connectivity index (χ0v) is 17.8. The quantitative estimate of drug-likeness (QED) is 0.530. The summed E-state index contributed by atoms with van der Waals surface area (Å²) in [7, 11) is 0.0197. The molecule has 0 aromatic heterocycles. The van der Waals surface area contributed by atoms with E-state index in [4.69, 9.17) is 9.47 Å². The minimum absolute atomic E-state index is 0. The van der Waals surface area contributed by atoms with Crippen molar-refractivity contribution in [3.8, 4) is 11.5 Å². The van der Waals surface area contributed by atoms with Gasteiger partial charge in [0.1, 0.15) is 11.5 Å². The molecular weight excluding hydrogens is 338 g/mol. The summed E-state index contributed by atoms with van der Waals surface area (Å²) in [4.78, 5) is 12.9. The Kier molecular flexibility index (Phi) is 8.91. The number of hydrogen-bond donors (Lipinski definition) is 0. The molecule has 3 nitrogen and oxygen atoms in total. The largest absolute Gasteiger partial charge is 0.491 e. The van der Waals surface area contributed by atoms with E-state index < -0.39 is 0 Å². The molecule has 2 aromatic rings. The van der Waals surface area contributed by atoms with Gasteiger partial charge in [-0.25, -0.2) is 0 Å². The Bertz CT molecular complexity index is 737. The summed E-state index contributed by atoms with van der Waals surface area (Å²) in [5.41, 5.74) is 2.99. The molecule has 0 spiro atoms. The van der Waals surface area contributed by atoms with E-state index in [-0.39, 0.29) is 45.2 Å². The third-order valence-corrected chi connectivity index (χ3v) is 4.80. The Morgan fingerprint density at radius 1 is 0.923 bits per heavy atom. The van der Waals surface area contributed by atoms with Crippen molar-refractivity contribution in [2.45, 2.75) is 53.8 Å². The van der Waals surface area contributed by atoms with E-state index in [0.29, 0.717) is 0 Å². The summed E-state index contributed by atoms with van der Waals surface area (Å²) in [6, 6.07) is 11.7. The summed E-state index contributed by atoms with van der Waals surface area (Å²) in [6.45, 7) is 11.9. The smallest absolute Gasteiger partial charge is 0.186 e. The van der Waals surface area contributed by atoms with E-state index in [1.54, 1.807) is 0 Å². The number of rotatable bonds is 7. The minimum atomic E-state index is 0. The predicted octanol–water partition coefficient (Wildman–Crippen LogP) is 4.64. The van der Waals surface area contributed by atoms with Gasteiger partial charge < -0.3 is 9.47 Å².